The number of amides is 4. The van der Waals surface area contributed by atoms with Crippen LogP contribution in [-0.4, -0.2) is 98.1 Å². The maximum atomic E-state index is 13.0. The molecule has 2 heterocycles. The molecule has 4 amide bonds. The predicted octanol–water partition coefficient (Wildman–Crippen LogP) is 0.649. The zero-order chi connectivity index (χ0) is 36.2. The van der Waals surface area contributed by atoms with Crippen molar-refractivity contribution in [2.24, 2.45) is 11.5 Å². The summed E-state index contributed by atoms with van der Waals surface area (Å²) in [7, 11) is 2.49. The highest BCUT2D eigenvalue weighted by atomic mass is 16.5. The first-order chi connectivity index (χ1) is 24.1. The molecule has 0 spiro atoms. The third-order valence-electron chi connectivity index (χ3n) is 8.27. The van der Waals surface area contributed by atoms with Crippen LogP contribution in [0.1, 0.15) is 68.7 Å². The summed E-state index contributed by atoms with van der Waals surface area (Å²) in [5.41, 5.74) is 14.5. The lowest BCUT2D eigenvalue weighted by Gasteiger charge is -2.24. The molecule has 2 aliphatic rings. The van der Waals surface area contributed by atoms with Crippen LogP contribution in [0.3, 0.4) is 0 Å². The number of benzene rings is 2. The Morgan fingerprint density at radius 1 is 0.700 bits per heavy atom. The van der Waals surface area contributed by atoms with E-state index >= 15 is 0 Å². The number of hydrogen-bond acceptors (Lipinski definition) is 10. The van der Waals surface area contributed by atoms with Crippen LogP contribution in [0, 0.1) is 23.7 Å². The zero-order valence-electron chi connectivity index (χ0n) is 27.8. The van der Waals surface area contributed by atoms with Crippen molar-refractivity contribution >= 4 is 35.6 Å². The molecule has 2 aliphatic heterocycles. The van der Waals surface area contributed by atoms with E-state index in [9.17, 15) is 28.8 Å². The second-order valence-electron chi connectivity index (χ2n) is 11.3. The molecule has 50 heavy (non-hydrogen) atoms. The van der Waals surface area contributed by atoms with Crippen LogP contribution in [0.2, 0.25) is 0 Å². The van der Waals surface area contributed by atoms with Gasteiger partial charge in [-0.25, -0.2) is 0 Å². The minimum atomic E-state index is -0.961. The standard InChI is InChI=1S/C36H38N4O10/c1-47-31(41)15-13-29(33(37)43)39-21-27-23(7-3-11-25(27)35(39)45)9-5-17-49-19-20-50-18-6-10-24-8-4-12-26-28(24)22-40(36(26)46)30(34(38)44)14-16-32(42)48-2/h3-4,7-8,11-12,29-30H,13-22H2,1-2H3,(H2,37,43)(H2,38,44)/t29-,30?/m0/s1. The zero-order valence-corrected chi connectivity index (χ0v) is 27.8. The van der Waals surface area contributed by atoms with Gasteiger partial charge in [-0.2, -0.15) is 0 Å². The highest BCUT2D eigenvalue weighted by Crippen LogP contribution is 2.30. The van der Waals surface area contributed by atoms with Gasteiger partial charge < -0.3 is 40.2 Å². The normalized spacial score (nSPS) is 14.0. The first kappa shape index (κ1) is 37.1. The largest absolute Gasteiger partial charge is 0.469 e. The lowest BCUT2D eigenvalue weighted by Crippen LogP contribution is -2.45. The molecule has 0 saturated heterocycles. The van der Waals surface area contributed by atoms with Crippen molar-refractivity contribution in [1.29, 1.82) is 0 Å². The van der Waals surface area contributed by atoms with Gasteiger partial charge in [0, 0.05) is 48.2 Å². The molecule has 4 N–H and O–H groups in total. The van der Waals surface area contributed by atoms with Gasteiger partial charge in [0.2, 0.25) is 11.8 Å². The van der Waals surface area contributed by atoms with E-state index in [4.69, 9.17) is 20.9 Å². The van der Waals surface area contributed by atoms with Gasteiger partial charge in [-0.1, -0.05) is 35.8 Å². The van der Waals surface area contributed by atoms with Gasteiger partial charge in [0.15, 0.2) is 0 Å². The molecule has 14 heteroatoms. The number of carbonyl (C=O) groups is 6. The Morgan fingerprint density at radius 3 is 1.46 bits per heavy atom. The fourth-order valence-corrected chi connectivity index (χ4v) is 5.69. The van der Waals surface area contributed by atoms with Crippen LogP contribution in [0.5, 0.6) is 0 Å². The third-order valence-corrected chi connectivity index (χ3v) is 8.27. The molecule has 4 rings (SSSR count). The molecular weight excluding hydrogens is 648 g/mol. The lowest BCUT2D eigenvalue weighted by molar-refractivity contribution is -0.142. The quantitative estimate of drug-likeness (QED) is 0.152. The molecule has 2 aromatic carbocycles. The number of carbonyl (C=O) groups excluding carboxylic acids is 6. The smallest absolute Gasteiger partial charge is 0.305 e. The van der Waals surface area contributed by atoms with Crippen molar-refractivity contribution in [2.45, 2.75) is 50.9 Å². The van der Waals surface area contributed by atoms with E-state index in [2.05, 4.69) is 33.2 Å². The summed E-state index contributed by atoms with van der Waals surface area (Å²) >= 11 is 0. The first-order valence-corrected chi connectivity index (χ1v) is 15.8. The number of fused-ring (bicyclic) bond motifs is 2. The van der Waals surface area contributed by atoms with Gasteiger partial charge in [0.05, 0.1) is 27.4 Å². The highest BCUT2D eigenvalue weighted by molar-refractivity contribution is 6.02. The van der Waals surface area contributed by atoms with E-state index in [1.54, 1.807) is 36.4 Å². The highest BCUT2D eigenvalue weighted by Gasteiger charge is 2.38. The van der Waals surface area contributed by atoms with Gasteiger partial charge in [0.25, 0.3) is 11.8 Å². The molecule has 0 aromatic heterocycles. The predicted molar refractivity (Wildman–Crippen MR) is 176 cm³/mol. The SMILES string of the molecule is COC(=O)CCC(C(N)=O)N1Cc2c(C#CCOCCOCC#Cc3cccc4c3CN([C@@H](CCC(=O)OC)C(N)=O)C4=O)cccc2C1=O. The molecule has 2 aromatic rings. The Balaban J connectivity index is 1.24. The molecule has 14 nitrogen and oxygen atoms in total. The Bertz CT molecular complexity index is 1650. The van der Waals surface area contributed by atoms with Crippen LogP contribution in [0.15, 0.2) is 36.4 Å². The second kappa shape index (κ2) is 17.6. The van der Waals surface area contributed by atoms with E-state index in [-0.39, 0.29) is 77.0 Å². The minimum absolute atomic E-state index is 0.0533. The molecule has 0 aliphatic carbocycles. The fourth-order valence-electron chi connectivity index (χ4n) is 5.69. The minimum Gasteiger partial charge on any atom is -0.469 e. The molecule has 0 saturated carbocycles. The van der Waals surface area contributed by atoms with E-state index in [1.807, 2.05) is 0 Å². The third kappa shape index (κ3) is 9.05. The lowest BCUT2D eigenvalue weighted by atomic mass is 10.0. The molecule has 0 fully saturated rings. The van der Waals surface area contributed by atoms with Crippen molar-refractivity contribution in [3.05, 3.63) is 69.8 Å². The summed E-state index contributed by atoms with van der Waals surface area (Å²) in [6.45, 7) is 0.974. The van der Waals surface area contributed by atoms with E-state index in [1.165, 1.54) is 24.0 Å². The number of nitrogens with zero attached hydrogens (tertiary/aromatic N) is 2. The average Bonchev–Trinajstić information content (AvgIpc) is 3.62. The van der Waals surface area contributed by atoms with Gasteiger partial charge in [-0.05, 0) is 48.2 Å². The Labute approximate surface area is 289 Å². The van der Waals surface area contributed by atoms with Crippen molar-refractivity contribution in [2.75, 3.05) is 40.6 Å². The monoisotopic (exact) mass is 686 g/mol. The Morgan fingerprint density at radius 2 is 1.10 bits per heavy atom. The van der Waals surface area contributed by atoms with Crippen molar-refractivity contribution in [3.8, 4) is 23.7 Å². The number of hydrogen-bond donors (Lipinski definition) is 2. The average molecular weight is 687 g/mol. The summed E-state index contributed by atoms with van der Waals surface area (Å²) in [5.74, 6) is 8.75. The van der Waals surface area contributed by atoms with E-state index in [0.29, 0.717) is 33.4 Å². The maximum Gasteiger partial charge on any atom is 0.305 e. The van der Waals surface area contributed by atoms with Crippen molar-refractivity contribution < 1.29 is 47.7 Å². The molecule has 262 valence electrons. The number of nitrogens with two attached hydrogens (primary N) is 2. The van der Waals surface area contributed by atoms with Crippen LogP contribution in [0.4, 0.5) is 0 Å². The summed E-state index contributed by atoms with van der Waals surface area (Å²) in [4.78, 5) is 76.2. The Hall–Kier alpha value is -5.70. The van der Waals surface area contributed by atoms with Gasteiger partial charge in [-0.3, -0.25) is 28.8 Å². The van der Waals surface area contributed by atoms with Crippen LogP contribution < -0.4 is 11.5 Å². The molecule has 2 atom stereocenters. The summed E-state index contributed by atoms with van der Waals surface area (Å²) in [6, 6.07) is 8.35. The first-order valence-electron chi connectivity index (χ1n) is 15.8. The summed E-state index contributed by atoms with van der Waals surface area (Å²) < 4.78 is 20.4. The van der Waals surface area contributed by atoms with Crippen LogP contribution in [-0.2, 0) is 51.2 Å². The Kier molecular flexibility index (Phi) is 13.1. The number of methoxy groups -OCH3 is 2. The summed E-state index contributed by atoms with van der Waals surface area (Å²) in [5, 5.41) is 0. The van der Waals surface area contributed by atoms with E-state index in [0.717, 1.165) is 0 Å². The number of esters is 2. The number of rotatable bonds is 15. The second-order valence-corrected chi connectivity index (χ2v) is 11.3. The van der Waals surface area contributed by atoms with Crippen molar-refractivity contribution in [1.82, 2.24) is 9.80 Å². The van der Waals surface area contributed by atoms with Crippen LogP contribution >= 0.6 is 0 Å². The van der Waals surface area contributed by atoms with Gasteiger partial charge in [0.1, 0.15) is 25.3 Å². The van der Waals surface area contributed by atoms with Crippen LogP contribution in [0.25, 0.3) is 0 Å². The molecule has 1 unspecified atom stereocenters. The van der Waals surface area contributed by atoms with Gasteiger partial charge in [-0.15, -0.1) is 0 Å². The molecule has 0 radical (unpaired) electrons. The number of ether oxygens (including phenoxy) is 4. The fraction of sp³-hybridized carbons (Fsp3) is 0.389. The van der Waals surface area contributed by atoms with Crippen molar-refractivity contribution in [3.63, 3.8) is 0 Å². The number of primary amides is 2. The summed E-state index contributed by atoms with van der Waals surface area (Å²) in [6.07, 6.45) is 0.000191. The molecule has 0 bridgehead atoms. The van der Waals surface area contributed by atoms with Gasteiger partial charge >= 0.3 is 11.9 Å². The molecular formula is C36H38N4O10. The maximum absolute atomic E-state index is 13.0. The van der Waals surface area contributed by atoms with E-state index < -0.39 is 35.8 Å². The topological polar surface area (TPSA) is 198 Å².